The van der Waals surface area contributed by atoms with Gasteiger partial charge in [-0.2, -0.15) is 0 Å². The van der Waals surface area contributed by atoms with Crippen LogP contribution in [0.4, 0.5) is 15.8 Å². The van der Waals surface area contributed by atoms with Crippen LogP contribution >= 0.6 is 0 Å². The first-order chi connectivity index (χ1) is 22.4. The highest BCUT2D eigenvalue weighted by atomic mass is 19.1. The molecule has 0 saturated heterocycles. The number of primary amides is 1. The van der Waals surface area contributed by atoms with Crippen molar-refractivity contribution in [2.75, 3.05) is 11.1 Å². The maximum absolute atomic E-state index is 14.5. The van der Waals surface area contributed by atoms with Crippen LogP contribution in [0.25, 0.3) is 5.65 Å². The van der Waals surface area contributed by atoms with Crippen molar-refractivity contribution in [3.63, 3.8) is 0 Å². The molecule has 15 nitrogen and oxygen atoms in total. The van der Waals surface area contributed by atoms with E-state index in [2.05, 4.69) is 25.9 Å². The first-order valence-electron chi connectivity index (χ1n) is 14.2. The van der Waals surface area contributed by atoms with E-state index in [4.69, 9.17) is 11.5 Å². The van der Waals surface area contributed by atoms with Crippen LogP contribution in [-0.4, -0.2) is 43.2 Å². The number of carbonyl (C=O) groups is 4. The average molecular weight is 641 g/mol. The first-order valence-corrected chi connectivity index (χ1v) is 14.2. The number of hydrogen-bond donors (Lipinski definition) is 6. The van der Waals surface area contributed by atoms with Crippen LogP contribution in [0.1, 0.15) is 76.5 Å². The van der Waals surface area contributed by atoms with Crippen LogP contribution in [0.2, 0.25) is 0 Å². The van der Waals surface area contributed by atoms with Crippen LogP contribution in [0, 0.1) is 5.82 Å². The standard InChI is InChI=1S/C31H25FN8O7/c32-18-5-1-13(7-16(18)11-35-23-22(33)25(41)26(23)42)10-36-30(45)21-9-20(38-28-24(27(34)43)37-12-40(21)28)29(44)39-19-6-3-14-8-15(31(46)47)2-4-17(14)19/h1-2,4-5,7-9,12,19,35H,3,6,10-11,33H2,(H2,34,43)(H,36,45)(H,39,44)(H,46,47)/t19-/m0/s1. The van der Waals surface area contributed by atoms with Crippen LogP contribution < -0.4 is 38.3 Å². The fourth-order valence-electron chi connectivity index (χ4n) is 5.48. The van der Waals surface area contributed by atoms with Crippen molar-refractivity contribution in [2.24, 2.45) is 5.73 Å². The van der Waals surface area contributed by atoms with E-state index in [1.165, 1.54) is 41.1 Å². The van der Waals surface area contributed by atoms with E-state index >= 15 is 0 Å². The normalized spacial score (nSPS) is 13.8. The third-order valence-corrected chi connectivity index (χ3v) is 7.94. The summed E-state index contributed by atoms with van der Waals surface area (Å²) in [5.74, 6) is -3.93. The summed E-state index contributed by atoms with van der Waals surface area (Å²) in [6, 6.07) is 9.50. The minimum absolute atomic E-state index is 0.0882. The Balaban J connectivity index is 1.22. The SMILES string of the molecule is NC(=O)c1ncn2c(C(=O)NCc3ccc(F)c(CNc4c(N)c(=O)c4=O)c3)cc(C(=O)N[C@H]3CCc4cc(C(=O)O)ccc43)nc12. The van der Waals surface area contributed by atoms with Gasteiger partial charge in [0.25, 0.3) is 28.6 Å². The molecule has 0 radical (unpaired) electrons. The Bertz CT molecular complexity index is 2220. The Hall–Kier alpha value is -6.45. The number of imidazole rings is 1. The highest BCUT2D eigenvalue weighted by Crippen LogP contribution is 2.32. The topological polar surface area (TPSA) is 241 Å². The monoisotopic (exact) mass is 640 g/mol. The van der Waals surface area contributed by atoms with Crippen molar-refractivity contribution in [3.05, 3.63) is 120 Å². The minimum Gasteiger partial charge on any atom is -0.478 e. The number of carboxylic acid groups (broad SMARTS) is 1. The van der Waals surface area contributed by atoms with Gasteiger partial charge in [-0.25, -0.2) is 19.2 Å². The van der Waals surface area contributed by atoms with Crippen molar-refractivity contribution >= 4 is 40.7 Å². The average Bonchev–Trinajstić information content (AvgIpc) is 3.68. The van der Waals surface area contributed by atoms with Crippen LogP contribution in [0.5, 0.6) is 0 Å². The van der Waals surface area contributed by atoms with Crippen molar-refractivity contribution in [2.45, 2.75) is 32.0 Å². The fourth-order valence-corrected chi connectivity index (χ4v) is 5.48. The molecule has 0 bridgehead atoms. The highest BCUT2D eigenvalue weighted by Gasteiger charge is 2.27. The number of halogens is 1. The number of nitrogens with two attached hydrogens (primary N) is 2. The largest absolute Gasteiger partial charge is 0.478 e. The van der Waals surface area contributed by atoms with Crippen LogP contribution in [0.15, 0.2) is 58.4 Å². The number of nitrogens with one attached hydrogen (secondary N) is 3. The highest BCUT2D eigenvalue weighted by molar-refractivity contribution is 6.01. The summed E-state index contributed by atoms with van der Waals surface area (Å²) in [7, 11) is 0. The maximum Gasteiger partial charge on any atom is 0.335 e. The van der Waals surface area contributed by atoms with Crippen molar-refractivity contribution in [1.29, 1.82) is 0 Å². The second kappa shape index (κ2) is 11.8. The predicted molar refractivity (Wildman–Crippen MR) is 164 cm³/mol. The maximum atomic E-state index is 14.5. The number of carbonyl (C=O) groups excluding carboxylic acids is 3. The summed E-state index contributed by atoms with van der Waals surface area (Å²) in [6.07, 6.45) is 2.22. The second-order valence-electron chi connectivity index (χ2n) is 10.9. The smallest absolute Gasteiger partial charge is 0.335 e. The summed E-state index contributed by atoms with van der Waals surface area (Å²) in [6.45, 7) is -0.239. The van der Waals surface area contributed by atoms with Gasteiger partial charge in [0.2, 0.25) is 0 Å². The summed E-state index contributed by atoms with van der Waals surface area (Å²) >= 11 is 0. The van der Waals surface area contributed by atoms with Gasteiger partial charge in [0.1, 0.15) is 34.9 Å². The Morgan fingerprint density at radius 2 is 1.81 bits per heavy atom. The molecule has 8 N–H and O–H groups in total. The number of rotatable bonds is 10. The summed E-state index contributed by atoms with van der Waals surface area (Å²) in [5.41, 5.74) is 10.7. The molecule has 0 spiro atoms. The van der Waals surface area contributed by atoms with Gasteiger partial charge < -0.3 is 32.5 Å². The summed E-state index contributed by atoms with van der Waals surface area (Å²) < 4.78 is 15.7. The number of anilines is 2. The molecule has 2 aromatic heterocycles. The molecular weight excluding hydrogens is 615 g/mol. The molecule has 1 atom stereocenters. The zero-order chi connectivity index (χ0) is 33.6. The zero-order valence-electron chi connectivity index (χ0n) is 24.3. The molecule has 0 saturated carbocycles. The van der Waals surface area contributed by atoms with Gasteiger partial charge in [0.15, 0.2) is 11.3 Å². The van der Waals surface area contributed by atoms with Gasteiger partial charge in [-0.15, -0.1) is 0 Å². The molecule has 0 fully saturated rings. The summed E-state index contributed by atoms with van der Waals surface area (Å²) in [5, 5.41) is 17.5. The lowest BCUT2D eigenvalue weighted by Gasteiger charge is -2.15. The number of nitrogens with zero attached hydrogens (tertiary/aromatic N) is 3. The Morgan fingerprint density at radius 3 is 2.53 bits per heavy atom. The molecule has 47 heavy (non-hydrogen) atoms. The van der Waals surface area contributed by atoms with Gasteiger partial charge in [-0.1, -0.05) is 12.1 Å². The van der Waals surface area contributed by atoms with E-state index in [9.17, 15) is 38.3 Å². The molecule has 2 heterocycles. The van der Waals surface area contributed by atoms with E-state index in [1.54, 1.807) is 12.1 Å². The summed E-state index contributed by atoms with van der Waals surface area (Å²) in [4.78, 5) is 81.5. The third kappa shape index (κ3) is 5.63. The lowest BCUT2D eigenvalue weighted by Crippen LogP contribution is -2.37. The number of aryl methyl sites for hydroxylation is 1. The molecule has 16 heteroatoms. The quantitative estimate of drug-likeness (QED) is 0.117. The molecule has 3 aromatic carbocycles. The molecule has 1 aliphatic rings. The van der Waals surface area contributed by atoms with E-state index < -0.39 is 46.4 Å². The van der Waals surface area contributed by atoms with Gasteiger partial charge in [-0.05, 0) is 59.9 Å². The van der Waals surface area contributed by atoms with Crippen LogP contribution in [0.3, 0.4) is 0 Å². The van der Waals surface area contributed by atoms with E-state index in [-0.39, 0.29) is 58.3 Å². The van der Waals surface area contributed by atoms with E-state index in [0.717, 1.165) is 11.1 Å². The van der Waals surface area contributed by atoms with Gasteiger partial charge >= 0.3 is 5.97 Å². The Morgan fingerprint density at radius 1 is 1.02 bits per heavy atom. The minimum atomic E-state index is -1.06. The zero-order valence-corrected chi connectivity index (χ0v) is 24.3. The molecule has 1 aliphatic carbocycles. The number of aromatic nitrogens is 3. The number of amides is 3. The molecule has 6 rings (SSSR count). The van der Waals surface area contributed by atoms with Crippen LogP contribution in [-0.2, 0) is 19.5 Å². The lowest BCUT2D eigenvalue weighted by molar-refractivity contribution is 0.0695. The van der Waals surface area contributed by atoms with E-state index in [1.807, 2.05) is 0 Å². The molecule has 238 valence electrons. The molecule has 5 aromatic rings. The number of carboxylic acids is 1. The predicted octanol–water partition coefficient (Wildman–Crippen LogP) is 0.803. The number of benzene rings is 2. The number of hydrogen-bond acceptors (Lipinski definition) is 10. The molecule has 3 amide bonds. The Kier molecular flexibility index (Phi) is 7.68. The lowest BCUT2D eigenvalue weighted by atomic mass is 10.0. The van der Waals surface area contributed by atoms with Gasteiger partial charge in [0, 0.05) is 18.7 Å². The number of aromatic carboxylic acids is 1. The third-order valence-electron chi connectivity index (χ3n) is 7.94. The number of nitrogen functional groups attached to an aromatic ring is 1. The van der Waals surface area contributed by atoms with Crippen molar-refractivity contribution < 1.29 is 28.7 Å². The molecular formula is C31H25FN8O7. The van der Waals surface area contributed by atoms with E-state index in [0.29, 0.717) is 18.4 Å². The number of fused-ring (bicyclic) bond motifs is 2. The molecule has 0 aliphatic heterocycles. The first kappa shape index (κ1) is 30.6. The van der Waals surface area contributed by atoms with Crippen molar-refractivity contribution in [1.82, 2.24) is 25.0 Å². The fraction of sp³-hybridized carbons (Fsp3) is 0.161. The molecule has 0 unspecified atom stereocenters. The van der Waals surface area contributed by atoms with Gasteiger partial charge in [0.05, 0.1) is 11.6 Å². The second-order valence-corrected chi connectivity index (χ2v) is 10.9. The van der Waals surface area contributed by atoms with Gasteiger partial charge in [-0.3, -0.25) is 28.4 Å². The Labute approximate surface area is 263 Å². The van der Waals surface area contributed by atoms with Crippen molar-refractivity contribution in [3.8, 4) is 0 Å².